The van der Waals surface area contributed by atoms with Gasteiger partial charge in [-0.3, -0.25) is 19.2 Å². The number of carbonyl (C=O) groups is 4. The number of carbonyl (C=O) groups excluding carboxylic acids is 4. The molecule has 3 amide bonds. The molecule has 178 valence electrons. The fourth-order valence-electron chi connectivity index (χ4n) is 5.94. The molecule has 2 aliphatic carbocycles. The van der Waals surface area contributed by atoms with Gasteiger partial charge < -0.3 is 14.4 Å². The van der Waals surface area contributed by atoms with Crippen LogP contribution in [0.2, 0.25) is 0 Å². The summed E-state index contributed by atoms with van der Waals surface area (Å²) < 4.78 is 10.8. The maximum Gasteiger partial charge on any atom is 0.316 e. The Labute approximate surface area is 202 Å². The number of hydrogen-bond donors (Lipinski definition) is 0. The average molecular weight is 472 g/mol. The van der Waals surface area contributed by atoms with Gasteiger partial charge in [0.2, 0.25) is 17.7 Å². The number of anilines is 2. The molecule has 2 aromatic carbocycles. The van der Waals surface area contributed by atoms with Crippen molar-refractivity contribution >= 4 is 35.1 Å². The summed E-state index contributed by atoms with van der Waals surface area (Å²) in [6, 6.07) is 13.6. The van der Waals surface area contributed by atoms with Gasteiger partial charge in [0.1, 0.15) is 11.5 Å². The Morgan fingerprint density at radius 1 is 0.886 bits per heavy atom. The molecule has 35 heavy (non-hydrogen) atoms. The van der Waals surface area contributed by atoms with Crippen LogP contribution in [-0.4, -0.2) is 37.3 Å². The van der Waals surface area contributed by atoms with E-state index in [0.717, 1.165) is 6.42 Å². The van der Waals surface area contributed by atoms with E-state index in [9.17, 15) is 19.2 Å². The normalized spacial score (nSPS) is 28.7. The van der Waals surface area contributed by atoms with E-state index in [1.165, 1.54) is 4.90 Å². The molecular formula is C27H24N2O6. The van der Waals surface area contributed by atoms with Gasteiger partial charge in [-0.05, 0) is 42.5 Å². The van der Waals surface area contributed by atoms with Crippen LogP contribution in [0.25, 0.3) is 0 Å². The Morgan fingerprint density at radius 2 is 1.51 bits per heavy atom. The number of benzene rings is 2. The van der Waals surface area contributed by atoms with Gasteiger partial charge in [-0.1, -0.05) is 24.3 Å². The maximum absolute atomic E-state index is 13.1. The average Bonchev–Trinajstić information content (AvgIpc) is 3.63. The second-order valence-corrected chi connectivity index (χ2v) is 9.54. The molecule has 2 heterocycles. The van der Waals surface area contributed by atoms with E-state index in [4.69, 9.17) is 9.47 Å². The van der Waals surface area contributed by atoms with Gasteiger partial charge in [-0.25, -0.2) is 4.90 Å². The third kappa shape index (κ3) is 3.43. The second-order valence-electron chi connectivity index (χ2n) is 9.54. The van der Waals surface area contributed by atoms with Crippen LogP contribution in [0.15, 0.2) is 60.7 Å². The monoisotopic (exact) mass is 472 g/mol. The zero-order valence-corrected chi connectivity index (χ0v) is 19.1. The summed E-state index contributed by atoms with van der Waals surface area (Å²) in [4.78, 5) is 54.5. The topological polar surface area (TPSA) is 93.2 Å². The summed E-state index contributed by atoms with van der Waals surface area (Å²) in [5.41, 5.74) is 1.06. The van der Waals surface area contributed by atoms with Crippen LogP contribution in [0.5, 0.6) is 11.5 Å². The molecule has 0 N–H and O–H groups in total. The molecule has 1 saturated carbocycles. The Balaban J connectivity index is 1.16. The van der Waals surface area contributed by atoms with Crippen molar-refractivity contribution in [1.82, 2.24) is 0 Å². The molecule has 2 bridgehead atoms. The first-order valence-corrected chi connectivity index (χ1v) is 11.8. The minimum absolute atomic E-state index is 0.0397. The fraction of sp³-hybridized carbons (Fsp3) is 0.333. The van der Waals surface area contributed by atoms with Crippen LogP contribution < -0.4 is 19.3 Å². The summed E-state index contributed by atoms with van der Waals surface area (Å²) in [5, 5.41) is 0. The van der Waals surface area contributed by atoms with E-state index in [1.807, 2.05) is 0 Å². The fourth-order valence-corrected chi connectivity index (χ4v) is 5.94. The third-order valence-electron chi connectivity index (χ3n) is 7.59. The van der Waals surface area contributed by atoms with E-state index in [1.54, 1.807) is 60.5 Å². The minimum Gasteiger partial charge on any atom is -0.497 e. The van der Waals surface area contributed by atoms with Gasteiger partial charge >= 0.3 is 5.97 Å². The number of ether oxygens (including phenoxy) is 2. The van der Waals surface area contributed by atoms with Crippen LogP contribution in [0.1, 0.15) is 12.8 Å². The third-order valence-corrected chi connectivity index (χ3v) is 7.59. The molecular weight excluding hydrogens is 448 g/mol. The number of amides is 3. The van der Waals surface area contributed by atoms with Crippen molar-refractivity contribution < 1.29 is 28.7 Å². The van der Waals surface area contributed by atoms with Crippen molar-refractivity contribution in [3.8, 4) is 11.5 Å². The summed E-state index contributed by atoms with van der Waals surface area (Å²) >= 11 is 0. The minimum atomic E-state index is -0.631. The number of rotatable bonds is 5. The number of methoxy groups -OCH3 is 1. The van der Waals surface area contributed by atoms with Crippen molar-refractivity contribution in [2.45, 2.75) is 12.8 Å². The SMILES string of the molecule is COc1cccc(N2C[C@H](C(=O)Oc3cccc(N4C(=O)[C@@H]5[C@H](C4=O)[C@@H]4C=C[C@H]5C4)c3)CC2=O)c1. The Kier molecular flexibility index (Phi) is 4.98. The van der Waals surface area contributed by atoms with Gasteiger partial charge in [0, 0.05) is 30.8 Å². The van der Waals surface area contributed by atoms with Crippen LogP contribution >= 0.6 is 0 Å². The van der Waals surface area contributed by atoms with Crippen molar-refractivity contribution in [3.63, 3.8) is 0 Å². The van der Waals surface area contributed by atoms with Gasteiger partial charge in [0.25, 0.3) is 0 Å². The molecule has 0 aromatic heterocycles. The summed E-state index contributed by atoms with van der Waals surface area (Å²) in [6.07, 6.45) is 5.01. The molecule has 0 spiro atoms. The second kappa shape index (κ2) is 8.08. The lowest BCUT2D eigenvalue weighted by Gasteiger charge is -2.18. The quantitative estimate of drug-likeness (QED) is 0.288. The molecule has 5 atom stereocenters. The Morgan fingerprint density at radius 3 is 2.20 bits per heavy atom. The van der Waals surface area contributed by atoms with E-state index in [0.29, 0.717) is 17.1 Å². The van der Waals surface area contributed by atoms with Crippen molar-refractivity contribution in [2.24, 2.45) is 29.6 Å². The first-order valence-electron chi connectivity index (χ1n) is 11.8. The summed E-state index contributed by atoms with van der Waals surface area (Å²) in [5.74, 6) is -1.18. The zero-order chi connectivity index (χ0) is 24.3. The highest BCUT2D eigenvalue weighted by Crippen LogP contribution is 2.53. The molecule has 0 unspecified atom stereocenters. The first kappa shape index (κ1) is 21.6. The lowest BCUT2D eigenvalue weighted by Crippen LogP contribution is -2.32. The molecule has 0 radical (unpaired) electrons. The molecule has 4 aliphatic rings. The molecule has 2 aromatic rings. The van der Waals surface area contributed by atoms with E-state index >= 15 is 0 Å². The lowest BCUT2D eigenvalue weighted by molar-refractivity contribution is -0.139. The predicted molar refractivity (Wildman–Crippen MR) is 126 cm³/mol. The van der Waals surface area contributed by atoms with Crippen molar-refractivity contribution in [3.05, 3.63) is 60.7 Å². The van der Waals surface area contributed by atoms with Crippen molar-refractivity contribution in [1.29, 1.82) is 0 Å². The van der Waals surface area contributed by atoms with E-state index in [2.05, 4.69) is 12.2 Å². The van der Waals surface area contributed by atoms with Gasteiger partial charge in [-0.2, -0.15) is 0 Å². The highest BCUT2D eigenvalue weighted by molar-refractivity contribution is 6.22. The van der Waals surface area contributed by atoms with E-state index in [-0.39, 0.29) is 60.1 Å². The summed E-state index contributed by atoms with van der Waals surface area (Å²) in [7, 11) is 1.55. The number of allylic oxidation sites excluding steroid dienone is 2. The van der Waals surface area contributed by atoms with Crippen LogP contribution in [0, 0.1) is 29.6 Å². The van der Waals surface area contributed by atoms with Gasteiger partial charge in [-0.15, -0.1) is 0 Å². The van der Waals surface area contributed by atoms with Gasteiger partial charge in [0.15, 0.2) is 0 Å². The molecule has 6 rings (SSSR count). The Bertz CT molecular complexity index is 1260. The molecule has 2 aliphatic heterocycles. The van der Waals surface area contributed by atoms with Crippen LogP contribution in [-0.2, 0) is 19.2 Å². The molecule has 8 nitrogen and oxygen atoms in total. The number of fused-ring (bicyclic) bond motifs is 5. The molecule has 3 fully saturated rings. The largest absolute Gasteiger partial charge is 0.497 e. The summed E-state index contributed by atoms with van der Waals surface area (Å²) in [6.45, 7) is 0.201. The maximum atomic E-state index is 13.1. The molecule has 2 saturated heterocycles. The van der Waals surface area contributed by atoms with Crippen molar-refractivity contribution in [2.75, 3.05) is 23.5 Å². The van der Waals surface area contributed by atoms with Crippen LogP contribution in [0.3, 0.4) is 0 Å². The van der Waals surface area contributed by atoms with Crippen LogP contribution in [0.4, 0.5) is 11.4 Å². The predicted octanol–water partition coefficient (Wildman–Crippen LogP) is 2.97. The molecule has 8 heteroatoms. The zero-order valence-electron chi connectivity index (χ0n) is 19.1. The van der Waals surface area contributed by atoms with Gasteiger partial charge in [0.05, 0.1) is 30.6 Å². The highest BCUT2D eigenvalue weighted by atomic mass is 16.5. The highest BCUT2D eigenvalue weighted by Gasteiger charge is 2.59. The number of imide groups is 1. The smallest absolute Gasteiger partial charge is 0.316 e. The number of hydrogen-bond acceptors (Lipinski definition) is 6. The first-order chi connectivity index (χ1) is 16.9. The Hall–Kier alpha value is -3.94. The van der Waals surface area contributed by atoms with E-state index < -0.39 is 11.9 Å². The lowest BCUT2D eigenvalue weighted by atomic mass is 9.85. The number of nitrogens with zero attached hydrogens (tertiary/aromatic N) is 2. The number of esters is 1. The standard InChI is InChI=1S/C27H24N2O6/c1-34-20-6-2-4-18(12-20)28-14-17(11-22(28)30)27(33)35-21-7-3-5-19(13-21)29-25(31)23-15-8-9-16(10-15)24(23)26(29)32/h2-9,12-13,15-17,23-24H,10-11,14H2,1H3/t15-,16+,17-,23-,24+/m1/s1.